The van der Waals surface area contributed by atoms with Crippen LogP contribution in [0.15, 0.2) is 29.4 Å². The van der Waals surface area contributed by atoms with E-state index in [0.717, 1.165) is 11.8 Å². The van der Waals surface area contributed by atoms with E-state index in [4.69, 9.17) is 4.84 Å². The highest BCUT2D eigenvalue weighted by molar-refractivity contribution is 7.92. The summed E-state index contributed by atoms with van der Waals surface area (Å²) >= 11 is 0. The van der Waals surface area contributed by atoms with E-state index >= 15 is 0 Å². The third-order valence-corrected chi connectivity index (χ3v) is 2.78. The Labute approximate surface area is 94.2 Å². The van der Waals surface area contributed by atoms with Crippen molar-refractivity contribution in [3.8, 4) is 0 Å². The maximum Gasteiger partial charge on any atom is 0.229 e. The third-order valence-electron chi connectivity index (χ3n) is 2.19. The van der Waals surface area contributed by atoms with Crippen molar-refractivity contribution in [2.75, 3.05) is 11.0 Å². The van der Waals surface area contributed by atoms with Gasteiger partial charge in [0.1, 0.15) is 0 Å². The van der Waals surface area contributed by atoms with Crippen molar-refractivity contribution in [2.24, 2.45) is 5.16 Å². The third kappa shape index (κ3) is 2.52. The predicted octanol–water partition coefficient (Wildman–Crippen LogP) is 1.51. The molecule has 5 nitrogen and oxygen atoms in total. The van der Waals surface area contributed by atoms with Crippen LogP contribution in [0.2, 0.25) is 0 Å². The second kappa shape index (κ2) is 4.13. The number of para-hydroxylation sites is 1. The van der Waals surface area contributed by atoms with Gasteiger partial charge in [-0.3, -0.25) is 4.72 Å². The lowest BCUT2D eigenvalue weighted by molar-refractivity contribution is 0.0863. The van der Waals surface area contributed by atoms with E-state index in [1.807, 2.05) is 12.1 Å². The molecule has 1 heterocycles. The van der Waals surface area contributed by atoms with Crippen molar-refractivity contribution < 1.29 is 13.3 Å². The fourth-order valence-corrected chi connectivity index (χ4v) is 2.14. The van der Waals surface area contributed by atoms with Crippen LogP contribution in [-0.4, -0.2) is 20.9 Å². The standard InChI is InChI=1S/C10H12N2O3S/c1-16(13,14)12-9-5-3-2-4-8(9)10-6-7-11-15-10/h2-5,7,10,12H,6H2,1H3. The van der Waals surface area contributed by atoms with Gasteiger partial charge in [-0.05, 0) is 6.07 Å². The van der Waals surface area contributed by atoms with E-state index in [2.05, 4.69) is 9.88 Å². The van der Waals surface area contributed by atoms with Gasteiger partial charge in [0.05, 0.1) is 11.9 Å². The highest BCUT2D eigenvalue weighted by Crippen LogP contribution is 2.30. The highest BCUT2D eigenvalue weighted by atomic mass is 32.2. The van der Waals surface area contributed by atoms with Crippen LogP contribution in [0.25, 0.3) is 0 Å². The topological polar surface area (TPSA) is 67.8 Å². The maximum atomic E-state index is 11.2. The Balaban J connectivity index is 2.30. The molecular formula is C10H12N2O3S. The first kappa shape index (κ1) is 10.9. The Morgan fingerprint density at radius 1 is 1.44 bits per heavy atom. The van der Waals surface area contributed by atoms with Crippen LogP contribution in [0.5, 0.6) is 0 Å². The molecule has 0 saturated heterocycles. The zero-order valence-electron chi connectivity index (χ0n) is 8.75. The molecule has 86 valence electrons. The molecule has 6 heteroatoms. The Bertz CT molecular complexity index is 503. The van der Waals surface area contributed by atoms with Gasteiger partial charge in [-0.2, -0.15) is 0 Å². The highest BCUT2D eigenvalue weighted by Gasteiger charge is 2.20. The van der Waals surface area contributed by atoms with Crippen LogP contribution in [-0.2, 0) is 14.9 Å². The molecule has 0 amide bonds. The lowest BCUT2D eigenvalue weighted by atomic mass is 10.1. The summed E-state index contributed by atoms with van der Waals surface area (Å²) in [6.07, 6.45) is 3.24. The van der Waals surface area contributed by atoms with Crippen LogP contribution in [0.4, 0.5) is 5.69 Å². The number of oxime groups is 1. The van der Waals surface area contributed by atoms with Gasteiger partial charge in [0.25, 0.3) is 0 Å². The average molecular weight is 240 g/mol. The summed E-state index contributed by atoms with van der Waals surface area (Å²) in [6.45, 7) is 0. The average Bonchev–Trinajstić information content (AvgIpc) is 2.69. The first-order valence-electron chi connectivity index (χ1n) is 4.80. The normalized spacial score (nSPS) is 19.4. The molecule has 1 aromatic rings. The Hall–Kier alpha value is -1.56. The van der Waals surface area contributed by atoms with Gasteiger partial charge in [0, 0.05) is 18.2 Å². The van der Waals surface area contributed by atoms with Crippen molar-refractivity contribution >= 4 is 21.9 Å². The lowest BCUT2D eigenvalue weighted by Gasteiger charge is -2.14. The molecule has 0 fully saturated rings. The van der Waals surface area contributed by atoms with Crippen LogP contribution >= 0.6 is 0 Å². The number of nitrogens with one attached hydrogen (secondary N) is 1. The summed E-state index contributed by atoms with van der Waals surface area (Å²) in [7, 11) is -3.28. The molecule has 1 aromatic carbocycles. The Morgan fingerprint density at radius 2 is 2.19 bits per heavy atom. The van der Waals surface area contributed by atoms with Gasteiger partial charge in [-0.25, -0.2) is 8.42 Å². The number of sulfonamides is 1. The van der Waals surface area contributed by atoms with Crippen LogP contribution in [0, 0.1) is 0 Å². The zero-order chi connectivity index (χ0) is 11.6. The quantitative estimate of drug-likeness (QED) is 0.870. The number of hydrogen-bond acceptors (Lipinski definition) is 4. The Kier molecular flexibility index (Phi) is 2.82. The summed E-state index contributed by atoms with van der Waals surface area (Å²) in [6, 6.07) is 7.14. The Morgan fingerprint density at radius 3 is 2.81 bits per heavy atom. The second-order valence-corrected chi connectivity index (χ2v) is 5.33. The van der Waals surface area contributed by atoms with Crippen molar-refractivity contribution in [3.63, 3.8) is 0 Å². The number of anilines is 1. The van der Waals surface area contributed by atoms with E-state index in [9.17, 15) is 8.42 Å². The fourth-order valence-electron chi connectivity index (χ4n) is 1.55. The molecule has 0 aromatic heterocycles. The van der Waals surface area contributed by atoms with Crippen molar-refractivity contribution in [1.29, 1.82) is 0 Å². The maximum absolute atomic E-state index is 11.2. The van der Waals surface area contributed by atoms with Crippen LogP contribution < -0.4 is 4.72 Å². The monoisotopic (exact) mass is 240 g/mol. The van der Waals surface area contributed by atoms with Gasteiger partial charge in [-0.1, -0.05) is 23.4 Å². The van der Waals surface area contributed by atoms with Crippen molar-refractivity contribution in [1.82, 2.24) is 0 Å². The first-order valence-corrected chi connectivity index (χ1v) is 6.70. The smallest absolute Gasteiger partial charge is 0.229 e. The molecular weight excluding hydrogens is 228 g/mol. The minimum atomic E-state index is -3.28. The number of benzene rings is 1. The van der Waals surface area contributed by atoms with Crippen molar-refractivity contribution in [2.45, 2.75) is 12.5 Å². The van der Waals surface area contributed by atoms with E-state index < -0.39 is 10.0 Å². The number of hydrogen-bond donors (Lipinski definition) is 1. The molecule has 16 heavy (non-hydrogen) atoms. The molecule has 1 aliphatic rings. The molecule has 1 N–H and O–H groups in total. The van der Waals surface area contributed by atoms with E-state index in [0.29, 0.717) is 12.1 Å². The first-order chi connectivity index (χ1) is 7.56. The minimum absolute atomic E-state index is 0.203. The van der Waals surface area contributed by atoms with Crippen molar-refractivity contribution in [3.05, 3.63) is 29.8 Å². The van der Waals surface area contributed by atoms with Gasteiger partial charge in [0.2, 0.25) is 10.0 Å². The molecule has 0 spiro atoms. The van der Waals surface area contributed by atoms with E-state index in [-0.39, 0.29) is 6.10 Å². The molecule has 0 aliphatic carbocycles. The van der Waals surface area contributed by atoms with Gasteiger partial charge in [0.15, 0.2) is 6.10 Å². The van der Waals surface area contributed by atoms with Gasteiger partial charge >= 0.3 is 0 Å². The summed E-state index contributed by atoms with van der Waals surface area (Å²) < 4.78 is 24.8. The fraction of sp³-hybridized carbons (Fsp3) is 0.300. The molecule has 2 rings (SSSR count). The van der Waals surface area contributed by atoms with Gasteiger partial charge < -0.3 is 4.84 Å². The summed E-state index contributed by atoms with van der Waals surface area (Å²) in [5.74, 6) is 0. The summed E-state index contributed by atoms with van der Waals surface area (Å²) in [5.41, 5.74) is 1.34. The SMILES string of the molecule is CS(=O)(=O)Nc1ccccc1C1CC=NO1. The second-order valence-electron chi connectivity index (χ2n) is 3.58. The summed E-state index contributed by atoms with van der Waals surface area (Å²) in [5, 5.41) is 3.68. The molecule has 0 saturated carbocycles. The summed E-state index contributed by atoms with van der Waals surface area (Å²) in [4.78, 5) is 5.13. The molecule has 1 aliphatic heterocycles. The van der Waals surface area contributed by atoms with E-state index in [1.54, 1.807) is 18.3 Å². The zero-order valence-corrected chi connectivity index (χ0v) is 9.57. The predicted molar refractivity (Wildman–Crippen MR) is 61.8 cm³/mol. The van der Waals surface area contributed by atoms with Crippen LogP contribution in [0.1, 0.15) is 18.1 Å². The minimum Gasteiger partial charge on any atom is -0.387 e. The largest absolute Gasteiger partial charge is 0.387 e. The van der Waals surface area contributed by atoms with Crippen LogP contribution in [0.3, 0.4) is 0 Å². The van der Waals surface area contributed by atoms with Gasteiger partial charge in [-0.15, -0.1) is 0 Å². The molecule has 0 radical (unpaired) electrons. The number of rotatable bonds is 3. The molecule has 1 unspecified atom stereocenters. The molecule has 0 bridgehead atoms. The lowest BCUT2D eigenvalue weighted by Crippen LogP contribution is -2.12. The number of nitrogens with zero attached hydrogens (tertiary/aromatic N) is 1. The van der Waals surface area contributed by atoms with E-state index in [1.165, 1.54) is 0 Å². The molecule has 1 atom stereocenters.